The maximum absolute atomic E-state index is 11.8. The zero-order chi connectivity index (χ0) is 15.7. The van der Waals surface area contributed by atoms with Gasteiger partial charge in [-0.15, -0.1) is 11.6 Å². The number of nitrogens with zero attached hydrogens (tertiary/aromatic N) is 1. The zero-order valence-electron chi connectivity index (χ0n) is 11.5. The number of hydrogen-bond donors (Lipinski definition) is 3. The highest BCUT2D eigenvalue weighted by Gasteiger charge is 2.37. The minimum Gasteiger partial charge on any atom is -0.340 e. The van der Waals surface area contributed by atoms with Gasteiger partial charge < -0.3 is 15.6 Å². The second kappa shape index (κ2) is 5.77. The number of aromatic nitrogens is 2. The Morgan fingerprint density at radius 3 is 2.82 bits per heavy atom. The first-order chi connectivity index (χ1) is 10.4. The van der Waals surface area contributed by atoms with E-state index in [1.54, 1.807) is 0 Å². The summed E-state index contributed by atoms with van der Waals surface area (Å²) in [7, 11) is -3.17. The summed E-state index contributed by atoms with van der Waals surface area (Å²) in [5.41, 5.74) is 1.71. The molecular weight excluding hydrogens is 328 g/mol. The highest BCUT2D eigenvalue weighted by atomic mass is 35.5. The summed E-state index contributed by atoms with van der Waals surface area (Å²) in [6, 6.07) is 6.51. The summed E-state index contributed by atoms with van der Waals surface area (Å²) in [5.74, 6) is 0.389. The number of amides is 2. The average molecular weight is 343 g/mol. The Hall–Kier alpha value is -1.80. The van der Waals surface area contributed by atoms with Crippen LogP contribution in [0.3, 0.4) is 0 Å². The molecule has 2 heterocycles. The van der Waals surface area contributed by atoms with Crippen molar-refractivity contribution in [3.8, 4) is 0 Å². The van der Waals surface area contributed by atoms with E-state index < -0.39 is 27.3 Å². The minimum absolute atomic E-state index is 0.108. The maximum atomic E-state index is 11.8. The summed E-state index contributed by atoms with van der Waals surface area (Å²) in [6.45, 7) is 0.215. The molecule has 9 heteroatoms. The summed E-state index contributed by atoms with van der Waals surface area (Å²) in [5, 5.41) is 4.63. The molecule has 7 nitrogen and oxygen atoms in total. The van der Waals surface area contributed by atoms with Gasteiger partial charge >= 0.3 is 6.03 Å². The van der Waals surface area contributed by atoms with Crippen molar-refractivity contribution in [2.45, 2.75) is 18.0 Å². The van der Waals surface area contributed by atoms with Crippen molar-refractivity contribution < 1.29 is 13.2 Å². The lowest BCUT2D eigenvalue weighted by atomic mass is 10.2. The molecule has 2 aromatic rings. The van der Waals surface area contributed by atoms with Crippen LogP contribution in [0.4, 0.5) is 4.79 Å². The van der Waals surface area contributed by atoms with E-state index in [0.717, 1.165) is 11.0 Å². The van der Waals surface area contributed by atoms with Crippen LogP contribution in [0.5, 0.6) is 0 Å². The average Bonchev–Trinajstić information content (AvgIpc) is 2.96. The van der Waals surface area contributed by atoms with Crippen LogP contribution in [0.15, 0.2) is 24.3 Å². The Morgan fingerprint density at radius 2 is 2.14 bits per heavy atom. The molecule has 1 fully saturated rings. The van der Waals surface area contributed by atoms with E-state index in [1.165, 1.54) is 0 Å². The molecule has 1 saturated heterocycles. The van der Waals surface area contributed by atoms with Gasteiger partial charge in [0, 0.05) is 0 Å². The molecule has 3 N–H and O–H groups in total. The van der Waals surface area contributed by atoms with Crippen molar-refractivity contribution in [3.05, 3.63) is 30.1 Å². The van der Waals surface area contributed by atoms with Crippen molar-refractivity contribution in [3.63, 3.8) is 0 Å². The molecule has 22 heavy (non-hydrogen) atoms. The molecule has 0 unspecified atom stereocenters. The van der Waals surface area contributed by atoms with Crippen LogP contribution >= 0.6 is 11.6 Å². The third-order valence-electron chi connectivity index (χ3n) is 3.45. The van der Waals surface area contributed by atoms with Crippen molar-refractivity contribution >= 4 is 38.5 Å². The van der Waals surface area contributed by atoms with E-state index in [4.69, 9.17) is 11.6 Å². The van der Waals surface area contributed by atoms with Crippen LogP contribution in [0, 0.1) is 0 Å². The number of hydrogen-bond acceptors (Lipinski definition) is 4. The number of sulfone groups is 1. The molecule has 2 atom stereocenters. The smallest absolute Gasteiger partial charge is 0.315 e. The fourth-order valence-electron chi connectivity index (χ4n) is 2.41. The Kier molecular flexibility index (Phi) is 3.96. The second-order valence-electron chi connectivity index (χ2n) is 5.23. The number of carbonyl (C=O) groups is 1. The standard InChI is InChI=1S/C13H15ClN4O3S/c14-8-6-22(20,21)7-11(8)18-13(19)15-5-12-16-9-3-1-2-4-10(9)17-12/h1-4,8,11H,5-7H2,(H,16,17)(H2,15,18,19)/t8-,11-/m1/s1. The maximum Gasteiger partial charge on any atom is 0.315 e. The monoisotopic (exact) mass is 342 g/mol. The molecule has 0 aliphatic carbocycles. The molecule has 3 rings (SSSR count). The first-order valence-corrected chi connectivity index (χ1v) is 9.01. The number of urea groups is 1. The number of para-hydroxylation sites is 2. The van der Waals surface area contributed by atoms with Crippen LogP contribution in [-0.2, 0) is 16.4 Å². The van der Waals surface area contributed by atoms with Gasteiger partial charge in [0.1, 0.15) is 5.82 Å². The van der Waals surface area contributed by atoms with Crippen molar-refractivity contribution in [2.75, 3.05) is 11.5 Å². The lowest BCUT2D eigenvalue weighted by Crippen LogP contribution is -2.45. The van der Waals surface area contributed by atoms with Crippen LogP contribution in [0.25, 0.3) is 11.0 Å². The molecule has 1 aromatic heterocycles. The van der Waals surface area contributed by atoms with Gasteiger partial charge in [-0.1, -0.05) is 12.1 Å². The largest absolute Gasteiger partial charge is 0.340 e. The van der Waals surface area contributed by atoms with Crippen LogP contribution in [-0.4, -0.2) is 47.3 Å². The Labute approximate surface area is 132 Å². The predicted octanol–water partition coefficient (Wildman–Crippen LogP) is 0.767. The van der Waals surface area contributed by atoms with E-state index >= 15 is 0 Å². The van der Waals surface area contributed by atoms with Gasteiger partial charge in [-0.2, -0.15) is 0 Å². The summed E-state index contributed by atoms with van der Waals surface area (Å²) >= 11 is 5.94. The number of benzene rings is 1. The number of fused-ring (bicyclic) bond motifs is 1. The van der Waals surface area contributed by atoms with Gasteiger partial charge in [-0.05, 0) is 12.1 Å². The van der Waals surface area contributed by atoms with Crippen LogP contribution < -0.4 is 10.6 Å². The van der Waals surface area contributed by atoms with E-state index in [-0.39, 0.29) is 18.1 Å². The van der Waals surface area contributed by atoms with Gasteiger partial charge in [0.15, 0.2) is 9.84 Å². The van der Waals surface area contributed by atoms with Crippen molar-refractivity contribution in [2.24, 2.45) is 0 Å². The third-order valence-corrected chi connectivity index (χ3v) is 5.83. The fourth-order valence-corrected chi connectivity index (χ4v) is 4.96. The third kappa shape index (κ3) is 3.33. The van der Waals surface area contributed by atoms with E-state index in [9.17, 15) is 13.2 Å². The molecule has 118 valence electrons. The summed E-state index contributed by atoms with van der Waals surface area (Å²) in [4.78, 5) is 19.3. The normalized spacial score (nSPS) is 23.5. The Morgan fingerprint density at radius 1 is 1.36 bits per heavy atom. The van der Waals surface area contributed by atoms with Crippen LogP contribution in [0.1, 0.15) is 5.82 Å². The predicted molar refractivity (Wildman–Crippen MR) is 83.5 cm³/mol. The van der Waals surface area contributed by atoms with E-state index in [2.05, 4.69) is 20.6 Å². The van der Waals surface area contributed by atoms with E-state index in [1.807, 2.05) is 24.3 Å². The van der Waals surface area contributed by atoms with Gasteiger partial charge in [-0.3, -0.25) is 0 Å². The number of aromatic amines is 1. The highest BCUT2D eigenvalue weighted by Crippen LogP contribution is 2.17. The molecule has 1 aliphatic heterocycles. The number of alkyl halides is 1. The quantitative estimate of drug-likeness (QED) is 0.716. The fraction of sp³-hybridized carbons (Fsp3) is 0.385. The summed E-state index contributed by atoms with van der Waals surface area (Å²) in [6.07, 6.45) is 0. The zero-order valence-corrected chi connectivity index (χ0v) is 13.1. The molecule has 0 saturated carbocycles. The van der Waals surface area contributed by atoms with Crippen molar-refractivity contribution in [1.29, 1.82) is 0 Å². The first-order valence-electron chi connectivity index (χ1n) is 6.75. The summed E-state index contributed by atoms with van der Waals surface area (Å²) < 4.78 is 22.9. The Bertz CT molecular complexity index is 771. The topological polar surface area (TPSA) is 104 Å². The van der Waals surface area contributed by atoms with Gasteiger partial charge in [0.25, 0.3) is 0 Å². The first kappa shape index (κ1) is 15.1. The molecule has 0 bridgehead atoms. The number of nitrogens with one attached hydrogen (secondary N) is 3. The number of imidazole rings is 1. The lowest BCUT2D eigenvalue weighted by Gasteiger charge is -2.14. The SMILES string of the molecule is O=C(NCc1nc2ccccc2[nH]1)N[C@@H]1CS(=O)(=O)C[C@H]1Cl. The number of rotatable bonds is 3. The lowest BCUT2D eigenvalue weighted by molar-refractivity contribution is 0.237. The number of H-pyrrole nitrogens is 1. The number of halogens is 1. The minimum atomic E-state index is -3.17. The molecule has 0 spiro atoms. The Balaban J connectivity index is 1.56. The van der Waals surface area contributed by atoms with Gasteiger partial charge in [-0.25, -0.2) is 18.2 Å². The van der Waals surface area contributed by atoms with Gasteiger partial charge in [0.2, 0.25) is 0 Å². The molecule has 1 aromatic carbocycles. The van der Waals surface area contributed by atoms with Gasteiger partial charge in [0.05, 0.1) is 40.5 Å². The molecular formula is C13H15ClN4O3S. The molecule has 1 aliphatic rings. The highest BCUT2D eigenvalue weighted by molar-refractivity contribution is 7.91. The number of carbonyl (C=O) groups excluding carboxylic acids is 1. The molecule has 2 amide bonds. The van der Waals surface area contributed by atoms with Crippen molar-refractivity contribution in [1.82, 2.24) is 20.6 Å². The van der Waals surface area contributed by atoms with Crippen LogP contribution in [0.2, 0.25) is 0 Å². The second-order valence-corrected chi connectivity index (χ2v) is 7.94. The molecule has 0 radical (unpaired) electrons. The van der Waals surface area contributed by atoms with E-state index in [0.29, 0.717) is 5.82 Å².